The molecule has 1 amide bonds. The molecule has 1 aliphatic carbocycles. The van der Waals surface area contributed by atoms with E-state index in [0.29, 0.717) is 18.0 Å². The maximum atomic E-state index is 11.9. The van der Waals surface area contributed by atoms with Crippen LogP contribution in [0.4, 0.5) is 0 Å². The van der Waals surface area contributed by atoms with Crippen LogP contribution in [0.5, 0.6) is 11.5 Å². The van der Waals surface area contributed by atoms with Crippen LogP contribution in [0, 0.1) is 5.92 Å². The molecular weight excluding hydrogens is 316 g/mol. The van der Waals surface area contributed by atoms with Crippen molar-refractivity contribution in [3.8, 4) is 11.5 Å². The molecule has 1 aromatic carbocycles. The van der Waals surface area contributed by atoms with Gasteiger partial charge in [0.25, 0.3) is 0 Å². The van der Waals surface area contributed by atoms with Gasteiger partial charge in [-0.3, -0.25) is 4.79 Å². The first kappa shape index (κ1) is 19.6. The largest absolute Gasteiger partial charge is 0.493 e. The van der Waals surface area contributed by atoms with Gasteiger partial charge in [0.1, 0.15) is 0 Å². The van der Waals surface area contributed by atoms with Crippen molar-refractivity contribution in [2.24, 2.45) is 5.92 Å². The molecule has 2 rings (SSSR count). The summed E-state index contributed by atoms with van der Waals surface area (Å²) in [5, 5.41) is 6.22. The Hall–Kier alpha value is -1.46. The third-order valence-corrected chi connectivity index (χ3v) is 3.81. The highest BCUT2D eigenvalue weighted by molar-refractivity contribution is 5.85. The SMILES string of the molecule is COc1ccc(CC(C)NC(=O)CNCC2CC2)cc1OC.Cl. The van der Waals surface area contributed by atoms with E-state index in [9.17, 15) is 4.79 Å². The van der Waals surface area contributed by atoms with Crippen LogP contribution in [0.3, 0.4) is 0 Å². The average Bonchev–Trinajstić information content (AvgIpc) is 3.31. The zero-order valence-electron chi connectivity index (χ0n) is 14.1. The second kappa shape index (κ2) is 9.63. The van der Waals surface area contributed by atoms with Gasteiger partial charge >= 0.3 is 0 Å². The Labute approximate surface area is 144 Å². The molecule has 1 saturated carbocycles. The summed E-state index contributed by atoms with van der Waals surface area (Å²) >= 11 is 0. The normalized spacial score (nSPS) is 14.6. The third-order valence-electron chi connectivity index (χ3n) is 3.81. The van der Waals surface area contributed by atoms with E-state index in [1.807, 2.05) is 25.1 Å². The number of hydrogen-bond donors (Lipinski definition) is 2. The maximum absolute atomic E-state index is 11.9. The van der Waals surface area contributed by atoms with Crippen LogP contribution in [0.1, 0.15) is 25.3 Å². The molecule has 0 heterocycles. The quantitative estimate of drug-likeness (QED) is 0.722. The Balaban J connectivity index is 0.00000264. The van der Waals surface area contributed by atoms with Crippen molar-refractivity contribution >= 4 is 18.3 Å². The second-order valence-corrected chi connectivity index (χ2v) is 5.94. The molecule has 1 aromatic rings. The lowest BCUT2D eigenvalue weighted by atomic mass is 10.1. The van der Waals surface area contributed by atoms with Gasteiger partial charge in [0, 0.05) is 6.04 Å². The number of nitrogens with one attached hydrogen (secondary N) is 2. The van der Waals surface area contributed by atoms with Crippen molar-refractivity contribution in [3.63, 3.8) is 0 Å². The fourth-order valence-electron chi connectivity index (χ4n) is 2.45. The molecular formula is C17H27ClN2O3. The molecule has 0 spiro atoms. The summed E-state index contributed by atoms with van der Waals surface area (Å²) in [6.45, 7) is 3.36. The summed E-state index contributed by atoms with van der Waals surface area (Å²) in [4.78, 5) is 11.9. The first-order valence-electron chi connectivity index (χ1n) is 7.83. The van der Waals surface area contributed by atoms with E-state index in [-0.39, 0.29) is 24.4 Å². The Kier molecular flexibility index (Phi) is 8.20. The number of halogens is 1. The van der Waals surface area contributed by atoms with Crippen molar-refractivity contribution in [1.82, 2.24) is 10.6 Å². The third kappa shape index (κ3) is 6.67. The van der Waals surface area contributed by atoms with Gasteiger partial charge in [-0.25, -0.2) is 0 Å². The van der Waals surface area contributed by atoms with Crippen molar-refractivity contribution in [2.75, 3.05) is 27.3 Å². The molecule has 1 aliphatic rings. The lowest BCUT2D eigenvalue weighted by Crippen LogP contribution is -2.40. The van der Waals surface area contributed by atoms with E-state index in [1.165, 1.54) is 12.8 Å². The fraction of sp³-hybridized carbons (Fsp3) is 0.588. The zero-order chi connectivity index (χ0) is 15.9. The molecule has 6 heteroatoms. The van der Waals surface area contributed by atoms with E-state index in [4.69, 9.17) is 9.47 Å². The second-order valence-electron chi connectivity index (χ2n) is 5.94. The van der Waals surface area contributed by atoms with Crippen LogP contribution >= 0.6 is 12.4 Å². The van der Waals surface area contributed by atoms with Crippen LogP contribution in [0.2, 0.25) is 0 Å². The maximum Gasteiger partial charge on any atom is 0.234 e. The minimum absolute atomic E-state index is 0. The summed E-state index contributed by atoms with van der Waals surface area (Å²) in [6, 6.07) is 5.91. The van der Waals surface area contributed by atoms with Gasteiger partial charge in [-0.05, 0) is 56.3 Å². The van der Waals surface area contributed by atoms with Crippen LogP contribution in [0.15, 0.2) is 18.2 Å². The molecule has 23 heavy (non-hydrogen) atoms. The number of hydrogen-bond acceptors (Lipinski definition) is 4. The van der Waals surface area contributed by atoms with E-state index in [2.05, 4.69) is 10.6 Å². The van der Waals surface area contributed by atoms with E-state index in [0.717, 1.165) is 24.4 Å². The minimum Gasteiger partial charge on any atom is -0.493 e. The summed E-state index contributed by atoms with van der Waals surface area (Å²) in [5.41, 5.74) is 1.11. The van der Waals surface area contributed by atoms with E-state index < -0.39 is 0 Å². The monoisotopic (exact) mass is 342 g/mol. The highest BCUT2D eigenvalue weighted by Gasteiger charge is 2.20. The van der Waals surface area contributed by atoms with Gasteiger partial charge in [-0.15, -0.1) is 12.4 Å². The minimum atomic E-state index is 0. The number of rotatable bonds is 9. The summed E-state index contributed by atoms with van der Waals surface area (Å²) in [7, 11) is 3.24. The number of benzene rings is 1. The lowest BCUT2D eigenvalue weighted by Gasteiger charge is -2.15. The Morgan fingerprint density at radius 1 is 1.26 bits per heavy atom. The molecule has 1 fully saturated rings. The first-order valence-corrected chi connectivity index (χ1v) is 7.83. The van der Waals surface area contributed by atoms with E-state index in [1.54, 1.807) is 14.2 Å². The zero-order valence-corrected chi connectivity index (χ0v) is 14.9. The molecule has 5 nitrogen and oxygen atoms in total. The van der Waals surface area contributed by atoms with Crippen LogP contribution in [0.25, 0.3) is 0 Å². The molecule has 1 atom stereocenters. The highest BCUT2D eigenvalue weighted by atomic mass is 35.5. The predicted molar refractivity (Wildman–Crippen MR) is 93.7 cm³/mol. The standard InChI is InChI=1S/C17H26N2O3.ClH/c1-12(19-17(20)11-18-10-13-4-5-13)8-14-6-7-15(21-2)16(9-14)22-3;/h6-7,9,12-13,18H,4-5,8,10-11H2,1-3H3,(H,19,20);1H. The fourth-order valence-corrected chi connectivity index (χ4v) is 2.45. The average molecular weight is 343 g/mol. The molecule has 0 bridgehead atoms. The van der Waals surface area contributed by atoms with Gasteiger partial charge in [0.15, 0.2) is 11.5 Å². The Morgan fingerprint density at radius 2 is 1.96 bits per heavy atom. The van der Waals surface area contributed by atoms with Crippen molar-refractivity contribution in [2.45, 2.75) is 32.2 Å². The number of methoxy groups -OCH3 is 2. The lowest BCUT2D eigenvalue weighted by molar-refractivity contribution is -0.120. The number of carbonyl (C=O) groups is 1. The molecule has 0 saturated heterocycles. The first-order chi connectivity index (χ1) is 10.6. The van der Waals surface area contributed by atoms with Crippen LogP contribution in [-0.2, 0) is 11.2 Å². The number of ether oxygens (including phenoxy) is 2. The molecule has 2 N–H and O–H groups in total. The topological polar surface area (TPSA) is 59.6 Å². The summed E-state index contributed by atoms with van der Waals surface area (Å²) < 4.78 is 10.5. The van der Waals surface area contributed by atoms with Gasteiger partial charge < -0.3 is 20.1 Å². The molecule has 0 aliphatic heterocycles. The molecule has 130 valence electrons. The Bertz CT molecular complexity index is 507. The number of carbonyl (C=O) groups excluding carboxylic acids is 1. The summed E-state index contributed by atoms with van der Waals surface area (Å²) in [6.07, 6.45) is 3.35. The van der Waals surface area contributed by atoms with Gasteiger partial charge in [-0.1, -0.05) is 6.07 Å². The number of amides is 1. The van der Waals surface area contributed by atoms with Crippen molar-refractivity contribution in [3.05, 3.63) is 23.8 Å². The van der Waals surface area contributed by atoms with Crippen LogP contribution in [-0.4, -0.2) is 39.3 Å². The van der Waals surface area contributed by atoms with Crippen molar-refractivity contribution < 1.29 is 14.3 Å². The predicted octanol–water partition coefficient (Wildman–Crippen LogP) is 2.17. The smallest absolute Gasteiger partial charge is 0.234 e. The van der Waals surface area contributed by atoms with Crippen molar-refractivity contribution in [1.29, 1.82) is 0 Å². The van der Waals surface area contributed by atoms with E-state index >= 15 is 0 Å². The van der Waals surface area contributed by atoms with Gasteiger partial charge in [0.05, 0.1) is 20.8 Å². The Morgan fingerprint density at radius 3 is 2.57 bits per heavy atom. The highest BCUT2D eigenvalue weighted by Crippen LogP contribution is 2.28. The van der Waals surface area contributed by atoms with Gasteiger partial charge in [-0.2, -0.15) is 0 Å². The van der Waals surface area contributed by atoms with Gasteiger partial charge in [0.2, 0.25) is 5.91 Å². The van der Waals surface area contributed by atoms with Crippen LogP contribution < -0.4 is 20.1 Å². The molecule has 0 aromatic heterocycles. The summed E-state index contributed by atoms with van der Waals surface area (Å²) in [5.74, 6) is 2.27. The molecule has 0 radical (unpaired) electrons. The molecule has 1 unspecified atom stereocenters.